The third-order valence-corrected chi connectivity index (χ3v) is 5.53. The average molecular weight is 399 g/mol. The van der Waals surface area contributed by atoms with Crippen LogP contribution in [0.4, 0.5) is 5.69 Å². The van der Waals surface area contributed by atoms with Gasteiger partial charge in [0, 0.05) is 0 Å². The van der Waals surface area contributed by atoms with Gasteiger partial charge in [0.15, 0.2) is 0 Å². The van der Waals surface area contributed by atoms with Crippen molar-refractivity contribution in [2.24, 2.45) is 5.92 Å². The summed E-state index contributed by atoms with van der Waals surface area (Å²) >= 11 is 6.32. The zero-order chi connectivity index (χ0) is 20.6. The highest BCUT2D eigenvalue weighted by atomic mass is 35.5. The minimum absolute atomic E-state index is 0.216. The molecule has 0 aromatic heterocycles. The zero-order valence-electron chi connectivity index (χ0n) is 16.4. The molecule has 1 heterocycles. The van der Waals surface area contributed by atoms with Crippen molar-refractivity contribution in [1.29, 1.82) is 0 Å². The highest BCUT2D eigenvalue weighted by Gasteiger charge is 2.44. The molecule has 0 saturated carbocycles. The Kier molecular flexibility index (Phi) is 5.57. The zero-order valence-corrected chi connectivity index (χ0v) is 17.1. The second-order valence-electron chi connectivity index (χ2n) is 7.28. The van der Waals surface area contributed by atoms with Gasteiger partial charge in [0.1, 0.15) is 6.04 Å². The van der Waals surface area contributed by atoms with E-state index < -0.39 is 23.8 Å². The van der Waals surface area contributed by atoms with Crippen molar-refractivity contribution in [2.75, 3.05) is 5.32 Å². The molecule has 146 valence electrons. The van der Waals surface area contributed by atoms with E-state index in [4.69, 9.17) is 11.6 Å². The molecule has 0 fully saturated rings. The van der Waals surface area contributed by atoms with Gasteiger partial charge in [-0.15, -0.1) is 0 Å². The number of aryl methyl sites for hydroxylation is 2. The van der Waals surface area contributed by atoms with Crippen LogP contribution in [0.5, 0.6) is 0 Å². The second kappa shape index (κ2) is 7.76. The molecule has 5 nitrogen and oxygen atoms in total. The molecule has 0 radical (unpaired) electrons. The van der Waals surface area contributed by atoms with E-state index in [1.807, 2.05) is 33.8 Å². The summed E-state index contributed by atoms with van der Waals surface area (Å²) in [6.07, 6.45) is 0.631. The van der Waals surface area contributed by atoms with Crippen molar-refractivity contribution in [1.82, 2.24) is 4.90 Å². The highest BCUT2D eigenvalue weighted by Crippen LogP contribution is 2.31. The number of carbonyl (C=O) groups excluding carboxylic acids is 3. The van der Waals surface area contributed by atoms with Crippen LogP contribution in [0.3, 0.4) is 0 Å². The Hall–Kier alpha value is -2.66. The van der Waals surface area contributed by atoms with Crippen LogP contribution in [-0.4, -0.2) is 28.7 Å². The maximum absolute atomic E-state index is 13.2. The van der Waals surface area contributed by atoms with Crippen LogP contribution in [0.2, 0.25) is 5.02 Å². The molecule has 1 aliphatic heterocycles. The molecule has 0 saturated heterocycles. The first-order valence-corrected chi connectivity index (χ1v) is 9.68. The van der Waals surface area contributed by atoms with Crippen molar-refractivity contribution in [3.8, 4) is 0 Å². The summed E-state index contributed by atoms with van der Waals surface area (Å²) in [5.41, 5.74) is 2.97. The summed E-state index contributed by atoms with van der Waals surface area (Å²) in [4.78, 5) is 40.1. The van der Waals surface area contributed by atoms with Crippen molar-refractivity contribution in [2.45, 2.75) is 40.2 Å². The predicted octanol–water partition coefficient (Wildman–Crippen LogP) is 4.61. The van der Waals surface area contributed by atoms with Gasteiger partial charge in [-0.25, -0.2) is 0 Å². The number of anilines is 1. The van der Waals surface area contributed by atoms with Gasteiger partial charge < -0.3 is 5.32 Å². The number of benzene rings is 2. The van der Waals surface area contributed by atoms with E-state index in [0.29, 0.717) is 28.3 Å². The molecule has 0 bridgehead atoms. The molecule has 0 spiro atoms. The molecule has 0 aliphatic carbocycles. The monoisotopic (exact) mass is 398 g/mol. The van der Waals surface area contributed by atoms with Gasteiger partial charge in [-0.2, -0.15) is 0 Å². The molecule has 2 aromatic carbocycles. The number of nitrogens with zero attached hydrogens (tertiary/aromatic N) is 1. The summed E-state index contributed by atoms with van der Waals surface area (Å²) in [5, 5.41) is 3.28. The van der Waals surface area contributed by atoms with Gasteiger partial charge >= 0.3 is 0 Å². The lowest BCUT2D eigenvalue weighted by molar-refractivity contribution is -0.121. The number of nitrogens with one attached hydrogen (secondary N) is 1. The number of fused-ring (bicyclic) bond motifs is 1. The van der Waals surface area contributed by atoms with Crippen molar-refractivity contribution >= 4 is 35.0 Å². The van der Waals surface area contributed by atoms with Crippen LogP contribution in [-0.2, 0) is 4.79 Å². The highest BCUT2D eigenvalue weighted by molar-refractivity contribution is 6.34. The predicted molar refractivity (Wildman–Crippen MR) is 110 cm³/mol. The van der Waals surface area contributed by atoms with Crippen LogP contribution in [0.25, 0.3) is 0 Å². The van der Waals surface area contributed by atoms with E-state index in [0.717, 1.165) is 16.0 Å². The Balaban J connectivity index is 1.97. The van der Waals surface area contributed by atoms with Crippen LogP contribution in [0.15, 0.2) is 36.4 Å². The number of rotatable bonds is 5. The number of hydrogen-bond acceptors (Lipinski definition) is 3. The summed E-state index contributed by atoms with van der Waals surface area (Å²) in [6.45, 7) is 7.56. The lowest BCUT2D eigenvalue weighted by Crippen LogP contribution is -2.50. The molecule has 3 rings (SSSR count). The first-order chi connectivity index (χ1) is 13.3. The number of hydrogen-bond donors (Lipinski definition) is 1. The van der Waals surface area contributed by atoms with E-state index in [1.165, 1.54) is 0 Å². The minimum atomic E-state index is -0.922. The Bertz CT molecular complexity index is 912. The summed E-state index contributed by atoms with van der Waals surface area (Å²) in [6, 6.07) is 9.41. The Labute approximate surface area is 169 Å². The third-order valence-electron chi connectivity index (χ3n) is 5.24. The van der Waals surface area contributed by atoms with Crippen molar-refractivity contribution in [3.05, 3.63) is 63.7 Å². The van der Waals surface area contributed by atoms with Crippen molar-refractivity contribution in [3.63, 3.8) is 0 Å². The Morgan fingerprint density at radius 1 is 1.11 bits per heavy atom. The minimum Gasteiger partial charge on any atom is -0.323 e. The van der Waals surface area contributed by atoms with Gasteiger partial charge in [-0.3, -0.25) is 19.3 Å². The second-order valence-corrected chi connectivity index (χ2v) is 7.69. The third kappa shape index (κ3) is 3.42. The molecule has 1 aliphatic rings. The molecular formula is C22H23ClN2O3. The molecule has 1 N–H and O–H groups in total. The lowest BCUT2D eigenvalue weighted by atomic mass is 9.96. The fraction of sp³-hybridized carbons (Fsp3) is 0.318. The summed E-state index contributed by atoms with van der Waals surface area (Å²) < 4.78 is 0. The van der Waals surface area contributed by atoms with Gasteiger partial charge in [0.05, 0.1) is 21.8 Å². The van der Waals surface area contributed by atoms with Gasteiger partial charge in [0.2, 0.25) is 5.91 Å². The molecule has 0 unspecified atom stereocenters. The van der Waals surface area contributed by atoms with Gasteiger partial charge in [-0.1, -0.05) is 50.1 Å². The molecule has 6 heteroatoms. The van der Waals surface area contributed by atoms with E-state index in [2.05, 4.69) is 5.32 Å². The fourth-order valence-corrected chi connectivity index (χ4v) is 3.95. The largest absolute Gasteiger partial charge is 0.323 e. The van der Waals surface area contributed by atoms with E-state index >= 15 is 0 Å². The first-order valence-electron chi connectivity index (χ1n) is 9.30. The van der Waals surface area contributed by atoms with Crippen LogP contribution in [0, 0.1) is 19.8 Å². The molecule has 2 atom stereocenters. The smallest absolute Gasteiger partial charge is 0.262 e. The van der Waals surface area contributed by atoms with Crippen molar-refractivity contribution < 1.29 is 14.4 Å². The SMILES string of the molecule is CC[C@@H](C)[C@H](C(=O)Nc1c(C)cc(C)cc1Cl)N1C(=O)c2ccccc2C1=O. The van der Waals surface area contributed by atoms with E-state index in [-0.39, 0.29) is 5.92 Å². The molecule has 2 aromatic rings. The fourth-order valence-electron chi connectivity index (χ4n) is 3.59. The number of imide groups is 1. The van der Waals surface area contributed by atoms with Crippen LogP contribution < -0.4 is 5.32 Å². The van der Waals surface area contributed by atoms with E-state index in [9.17, 15) is 14.4 Å². The number of carbonyl (C=O) groups is 3. The average Bonchev–Trinajstić information content (AvgIpc) is 2.90. The molecular weight excluding hydrogens is 376 g/mol. The van der Waals surface area contributed by atoms with Crippen LogP contribution >= 0.6 is 11.6 Å². The number of amides is 3. The topological polar surface area (TPSA) is 66.5 Å². The summed E-state index contributed by atoms with van der Waals surface area (Å²) in [5.74, 6) is -1.51. The van der Waals surface area contributed by atoms with Gasteiger partial charge in [-0.05, 0) is 49.1 Å². The quantitative estimate of drug-likeness (QED) is 0.748. The summed E-state index contributed by atoms with van der Waals surface area (Å²) in [7, 11) is 0. The van der Waals surface area contributed by atoms with Gasteiger partial charge in [0.25, 0.3) is 11.8 Å². The Morgan fingerprint density at radius 3 is 2.18 bits per heavy atom. The standard InChI is InChI=1S/C22H23ClN2O3/c1-5-13(3)19(20(26)24-18-14(4)10-12(2)11-17(18)23)25-21(27)15-8-6-7-9-16(15)22(25)28/h6-11,13,19H,5H2,1-4H3,(H,24,26)/t13-,19-/m1/s1. The maximum atomic E-state index is 13.2. The normalized spacial score (nSPS) is 15.4. The maximum Gasteiger partial charge on any atom is 0.262 e. The first kappa shape index (κ1) is 20.1. The molecule has 3 amide bonds. The lowest BCUT2D eigenvalue weighted by Gasteiger charge is -2.30. The number of halogens is 1. The Morgan fingerprint density at radius 2 is 1.68 bits per heavy atom. The van der Waals surface area contributed by atoms with Crippen LogP contribution in [0.1, 0.15) is 52.1 Å². The molecule has 28 heavy (non-hydrogen) atoms. The van der Waals surface area contributed by atoms with E-state index in [1.54, 1.807) is 30.3 Å².